The highest BCUT2D eigenvalue weighted by atomic mass is 32.2. The second kappa shape index (κ2) is 4.45. The molecule has 0 aromatic rings. The Morgan fingerprint density at radius 3 is 2.93 bits per heavy atom. The second-order valence-corrected chi connectivity index (χ2v) is 4.47. The molecular formula is C6H11FN4O3S. The van der Waals surface area contributed by atoms with E-state index < -0.39 is 15.9 Å². The van der Waals surface area contributed by atoms with Crippen LogP contribution in [0.5, 0.6) is 0 Å². The standard InChI is InChI=1S/C6H11FN4O3S/c1-10(4-5-15(12,13)14)6-2-3-8-11(7)9-6/h2-3,9H,4-5H2,1H3,(H,12,13,14). The van der Waals surface area contributed by atoms with Gasteiger partial charge in [0.2, 0.25) is 0 Å². The molecule has 15 heavy (non-hydrogen) atoms. The normalized spacial score (nSPS) is 15.9. The van der Waals surface area contributed by atoms with Crippen LogP contribution in [0.3, 0.4) is 0 Å². The lowest BCUT2D eigenvalue weighted by Gasteiger charge is -2.25. The topological polar surface area (TPSA) is 85.2 Å². The Balaban J connectivity index is 2.51. The van der Waals surface area contributed by atoms with Crippen LogP contribution in [-0.2, 0) is 10.1 Å². The zero-order valence-electron chi connectivity index (χ0n) is 7.96. The van der Waals surface area contributed by atoms with Gasteiger partial charge in [-0.15, -0.1) is 5.10 Å². The molecule has 0 spiro atoms. The predicted molar refractivity (Wildman–Crippen MR) is 51.7 cm³/mol. The smallest absolute Gasteiger partial charge is 0.266 e. The van der Waals surface area contributed by atoms with Crippen molar-refractivity contribution in [2.75, 3.05) is 19.3 Å². The van der Waals surface area contributed by atoms with Gasteiger partial charge < -0.3 is 4.90 Å². The number of hydrogen-bond donors (Lipinski definition) is 2. The minimum Gasteiger partial charge on any atom is -0.359 e. The monoisotopic (exact) mass is 238 g/mol. The van der Waals surface area contributed by atoms with E-state index >= 15 is 0 Å². The number of hydrogen-bond acceptors (Lipinski definition) is 6. The Morgan fingerprint density at radius 2 is 2.40 bits per heavy atom. The lowest BCUT2D eigenvalue weighted by atomic mass is 10.5. The fraction of sp³-hybridized carbons (Fsp3) is 0.500. The van der Waals surface area contributed by atoms with Crippen LogP contribution in [0.25, 0.3) is 0 Å². The van der Waals surface area contributed by atoms with Gasteiger partial charge in [0.1, 0.15) is 5.82 Å². The average Bonchev–Trinajstić information content (AvgIpc) is 2.13. The summed E-state index contributed by atoms with van der Waals surface area (Å²) in [5, 5.41) is 3.23. The van der Waals surface area contributed by atoms with Crippen molar-refractivity contribution < 1.29 is 17.5 Å². The largest absolute Gasteiger partial charge is 0.359 e. The molecule has 0 unspecified atom stereocenters. The molecule has 0 atom stereocenters. The number of halogens is 1. The highest BCUT2D eigenvalue weighted by Crippen LogP contribution is 2.03. The molecule has 7 nitrogen and oxygen atoms in total. The zero-order chi connectivity index (χ0) is 11.5. The first-order valence-electron chi connectivity index (χ1n) is 4.01. The van der Waals surface area contributed by atoms with Crippen LogP contribution < -0.4 is 5.43 Å². The van der Waals surface area contributed by atoms with Crippen LogP contribution >= 0.6 is 0 Å². The van der Waals surface area contributed by atoms with Crippen LogP contribution in [0, 0.1) is 0 Å². The first kappa shape index (κ1) is 11.7. The number of nitrogens with one attached hydrogen (secondary N) is 1. The summed E-state index contributed by atoms with van der Waals surface area (Å²) in [6, 6.07) is 0. The van der Waals surface area contributed by atoms with E-state index in [1.54, 1.807) is 7.05 Å². The third kappa shape index (κ3) is 4.13. The SMILES string of the molecule is CN(CCS(=O)(=O)O)C1=CC=NN(F)N1. The maximum atomic E-state index is 12.6. The molecular weight excluding hydrogens is 227 g/mol. The number of nitrogens with zero attached hydrogens (tertiary/aromatic N) is 3. The van der Waals surface area contributed by atoms with Gasteiger partial charge in [-0.2, -0.15) is 8.42 Å². The van der Waals surface area contributed by atoms with Gasteiger partial charge in [0.15, 0.2) is 0 Å². The predicted octanol–water partition coefficient (Wildman–Crippen LogP) is -0.662. The number of hydrazone groups is 1. The molecule has 0 saturated carbocycles. The maximum Gasteiger partial charge on any atom is 0.266 e. The number of hydrazine groups is 1. The molecule has 0 aromatic carbocycles. The molecule has 1 aliphatic rings. The Bertz CT molecular complexity index is 380. The third-order valence-electron chi connectivity index (χ3n) is 1.70. The van der Waals surface area contributed by atoms with Crippen molar-refractivity contribution in [3.05, 3.63) is 11.9 Å². The number of rotatable bonds is 4. The Kier molecular flexibility index (Phi) is 3.48. The molecule has 2 N–H and O–H groups in total. The van der Waals surface area contributed by atoms with Crippen LogP contribution in [0.2, 0.25) is 0 Å². The summed E-state index contributed by atoms with van der Waals surface area (Å²) in [5.41, 5.74) is 2.23. The highest BCUT2D eigenvalue weighted by Gasteiger charge is 2.13. The Morgan fingerprint density at radius 1 is 1.73 bits per heavy atom. The van der Waals surface area contributed by atoms with Gasteiger partial charge >= 0.3 is 0 Å². The summed E-state index contributed by atoms with van der Waals surface area (Å²) < 4.78 is 42.0. The highest BCUT2D eigenvalue weighted by molar-refractivity contribution is 7.85. The molecule has 1 heterocycles. The molecule has 1 aliphatic heterocycles. The third-order valence-corrected chi connectivity index (χ3v) is 2.40. The molecule has 0 fully saturated rings. The Labute approximate surface area is 86.5 Å². The fourth-order valence-corrected chi connectivity index (χ4v) is 1.41. The second-order valence-electron chi connectivity index (χ2n) is 2.90. The van der Waals surface area contributed by atoms with E-state index in [0.717, 1.165) is 0 Å². The molecule has 0 aliphatic carbocycles. The fourth-order valence-electron chi connectivity index (χ4n) is 0.908. The summed E-state index contributed by atoms with van der Waals surface area (Å²) in [7, 11) is -2.46. The van der Waals surface area contributed by atoms with Gasteiger partial charge in [-0.1, -0.05) is 4.48 Å². The van der Waals surface area contributed by atoms with Crippen LogP contribution in [0.1, 0.15) is 0 Å². The summed E-state index contributed by atoms with van der Waals surface area (Å²) >= 11 is 0. The molecule has 0 amide bonds. The first-order chi connectivity index (χ1) is 6.88. The van der Waals surface area contributed by atoms with Gasteiger partial charge in [-0.25, -0.2) is 5.43 Å². The van der Waals surface area contributed by atoms with Crippen molar-refractivity contribution in [2.45, 2.75) is 0 Å². The van der Waals surface area contributed by atoms with Crippen LogP contribution in [-0.4, -0.2) is 48.8 Å². The van der Waals surface area contributed by atoms with Gasteiger partial charge in [-0.05, 0) is 5.34 Å². The zero-order valence-corrected chi connectivity index (χ0v) is 8.78. The van der Waals surface area contributed by atoms with Crippen molar-refractivity contribution in [3.8, 4) is 0 Å². The number of allylic oxidation sites excluding steroid dienone is 1. The minimum atomic E-state index is -4.01. The Hall–Kier alpha value is -1.35. The molecule has 0 saturated heterocycles. The van der Waals surface area contributed by atoms with Gasteiger partial charge in [0.25, 0.3) is 10.1 Å². The maximum absolute atomic E-state index is 12.6. The summed E-state index contributed by atoms with van der Waals surface area (Å²) in [5.74, 6) is -0.0810. The minimum absolute atomic E-state index is 0.000715. The molecule has 0 radical (unpaired) electrons. The van der Waals surface area contributed by atoms with Gasteiger partial charge in [-0.3, -0.25) is 4.55 Å². The molecule has 0 bridgehead atoms. The van der Waals surface area contributed by atoms with E-state index in [1.165, 1.54) is 17.2 Å². The molecule has 1 rings (SSSR count). The van der Waals surface area contributed by atoms with E-state index in [-0.39, 0.29) is 11.9 Å². The quantitative estimate of drug-likeness (QED) is 0.499. The molecule has 86 valence electrons. The van der Waals surface area contributed by atoms with E-state index in [9.17, 15) is 12.9 Å². The van der Waals surface area contributed by atoms with Crippen molar-refractivity contribution in [2.24, 2.45) is 5.10 Å². The van der Waals surface area contributed by atoms with Crippen LogP contribution in [0.4, 0.5) is 4.48 Å². The lowest BCUT2D eigenvalue weighted by molar-refractivity contribution is -0.0274. The average molecular weight is 238 g/mol. The molecule has 9 heteroatoms. The van der Waals surface area contributed by atoms with E-state index in [4.69, 9.17) is 4.55 Å². The summed E-state index contributed by atoms with van der Waals surface area (Å²) in [4.78, 5) is 1.44. The van der Waals surface area contributed by atoms with E-state index in [0.29, 0.717) is 5.82 Å². The van der Waals surface area contributed by atoms with E-state index in [2.05, 4.69) is 10.5 Å². The van der Waals surface area contributed by atoms with Crippen molar-refractivity contribution in [1.82, 2.24) is 15.7 Å². The summed E-state index contributed by atoms with van der Waals surface area (Å²) in [6.07, 6.45) is 2.69. The van der Waals surface area contributed by atoms with Gasteiger partial charge in [0, 0.05) is 19.7 Å². The lowest BCUT2D eigenvalue weighted by Crippen LogP contribution is -2.38. The summed E-state index contributed by atoms with van der Waals surface area (Å²) in [6.45, 7) is 0.0410. The molecule has 0 aromatic heterocycles. The van der Waals surface area contributed by atoms with Gasteiger partial charge in [0.05, 0.1) is 12.0 Å². The van der Waals surface area contributed by atoms with Crippen molar-refractivity contribution in [1.29, 1.82) is 0 Å². The first-order valence-corrected chi connectivity index (χ1v) is 5.62. The van der Waals surface area contributed by atoms with E-state index in [1.807, 2.05) is 0 Å². The van der Waals surface area contributed by atoms with Crippen molar-refractivity contribution in [3.63, 3.8) is 0 Å². The van der Waals surface area contributed by atoms with Crippen LogP contribution in [0.15, 0.2) is 17.0 Å². The van der Waals surface area contributed by atoms with Crippen molar-refractivity contribution >= 4 is 16.3 Å².